The largest absolute Gasteiger partial charge is 0.342 e. The molecule has 1 fully saturated rings. The molecule has 0 radical (unpaired) electrons. The molecule has 3 rings (SSSR count). The summed E-state index contributed by atoms with van der Waals surface area (Å²) in [5.41, 5.74) is 1.83. The molecule has 20 heavy (non-hydrogen) atoms. The zero-order valence-corrected chi connectivity index (χ0v) is 11.5. The molecule has 4 heteroatoms. The Labute approximate surface area is 118 Å². The molecule has 0 spiro atoms. The molecular formula is C16H19N3O. The van der Waals surface area contributed by atoms with Crippen molar-refractivity contribution in [2.45, 2.75) is 25.7 Å². The van der Waals surface area contributed by atoms with Gasteiger partial charge in [-0.05, 0) is 24.8 Å². The summed E-state index contributed by atoms with van der Waals surface area (Å²) in [4.78, 5) is 21.7. The van der Waals surface area contributed by atoms with Crippen LogP contribution in [0.5, 0.6) is 0 Å². The van der Waals surface area contributed by atoms with E-state index in [0.29, 0.717) is 12.4 Å². The van der Waals surface area contributed by atoms with E-state index in [-0.39, 0.29) is 5.56 Å². The smallest absolute Gasteiger partial charge is 0.255 e. The normalized spacial score (nSPS) is 15.3. The molecule has 104 valence electrons. The number of nitrogens with zero attached hydrogens (tertiary/aromatic N) is 2. The van der Waals surface area contributed by atoms with E-state index in [4.69, 9.17) is 0 Å². The topological polar surface area (TPSA) is 49.0 Å². The summed E-state index contributed by atoms with van der Waals surface area (Å²) >= 11 is 0. The van der Waals surface area contributed by atoms with E-state index in [9.17, 15) is 4.79 Å². The third kappa shape index (κ3) is 2.90. The van der Waals surface area contributed by atoms with Crippen LogP contribution in [0.3, 0.4) is 0 Å². The average Bonchev–Trinajstić information content (AvgIpc) is 2.51. The maximum Gasteiger partial charge on any atom is 0.255 e. The van der Waals surface area contributed by atoms with Crippen LogP contribution < -0.4 is 10.5 Å². The van der Waals surface area contributed by atoms with Gasteiger partial charge in [-0.25, -0.2) is 4.98 Å². The van der Waals surface area contributed by atoms with Gasteiger partial charge in [-0.2, -0.15) is 0 Å². The Morgan fingerprint density at radius 3 is 2.55 bits per heavy atom. The number of anilines is 1. The summed E-state index contributed by atoms with van der Waals surface area (Å²) < 4.78 is 0. The van der Waals surface area contributed by atoms with Gasteiger partial charge in [0.25, 0.3) is 5.56 Å². The number of hydrogen-bond acceptors (Lipinski definition) is 3. The Morgan fingerprint density at radius 2 is 1.85 bits per heavy atom. The molecule has 0 bridgehead atoms. The Hall–Kier alpha value is -2.10. The first-order chi connectivity index (χ1) is 9.83. The van der Waals surface area contributed by atoms with Gasteiger partial charge < -0.3 is 4.90 Å². The van der Waals surface area contributed by atoms with Crippen LogP contribution in [0.2, 0.25) is 0 Å². The second-order valence-electron chi connectivity index (χ2n) is 5.27. The lowest BCUT2D eigenvalue weighted by molar-refractivity contribution is 0.567. The summed E-state index contributed by atoms with van der Waals surface area (Å²) in [5, 5.41) is 0. The highest BCUT2D eigenvalue weighted by Crippen LogP contribution is 2.14. The van der Waals surface area contributed by atoms with E-state index in [1.165, 1.54) is 19.3 Å². The van der Waals surface area contributed by atoms with E-state index in [2.05, 4.69) is 14.9 Å². The number of rotatable bonds is 3. The van der Waals surface area contributed by atoms with Crippen molar-refractivity contribution < 1.29 is 0 Å². The van der Waals surface area contributed by atoms with Gasteiger partial charge >= 0.3 is 0 Å². The standard InChI is InChI=1S/C16H19N3O/c20-15-14(11-13-7-3-1-4-8-13)12-17-16(18-15)19-9-5-2-6-10-19/h1,3-4,7-8,12H,2,5-6,9-11H2,(H,17,18,20). The molecule has 1 aromatic carbocycles. The molecular weight excluding hydrogens is 250 g/mol. The van der Waals surface area contributed by atoms with E-state index in [0.717, 1.165) is 24.2 Å². The van der Waals surface area contributed by atoms with Gasteiger partial charge in [0.05, 0.1) is 0 Å². The molecule has 4 nitrogen and oxygen atoms in total. The summed E-state index contributed by atoms with van der Waals surface area (Å²) in [6, 6.07) is 10.00. The Kier molecular flexibility index (Phi) is 3.81. The van der Waals surface area contributed by atoms with E-state index >= 15 is 0 Å². The van der Waals surface area contributed by atoms with Crippen molar-refractivity contribution in [3.8, 4) is 0 Å². The highest BCUT2D eigenvalue weighted by atomic mass is 16.1. The molecule has 2 heterocycles. The molecule has 0 unspecified atom stereocenters. The van der Waals surface area contributed by atoms with E-state index in [1.807, 2.05) is 30.3 Å². The van der Waals surface area contributed by atoms with Gasteiger partial charge in [-0.15, -0.1) is 0 Å². The lowest BCUT2D eigenvalue weighted by Crippen LogP contribution is -2.32. The molecule has 0 amide bonds. The molecule has 1 aliphatic heterocycles. The fraction of sp³-hybridized carbons (Fsp3) is 0.375. The first-order valence-electron chi connectivity index (χ1n) is 7.20. The van der Waals surface area contributed by atoms with Gasteiger partial charge in [-0.1, -0.05) is 30.3 Å². The minimum Gasteiger partial charge on any atom is -0.342 e. The highest BCUT2D eigenvalue weighted by molar-refractivity contribution is 5.32. The molecule has 1 aromatic heterocycles. The lowest BCUT2D eigenvalue weighted by Gasteiger charge is -2.26. The summed E-state index contributed by atoms with van der Waals surface area (Å²) in [7, 11) is 0. The Morgan fingerprint density at radius 1 is 1.10 bits per heavy atom. The van der Waals surface area contributed by atoms with Crippen molar-refractivity contribution in [1.82, 2.24) is 9.97 Å². The van der Waals surface area contributed by atoms with Crippen molar-refractivity contribution in [3.63, 3.8) is 0 Å². The number of piperidine rings is 1. The maximum atomic E-state index is 12.2. The van der Waals surface area contributed by atoms with E-state index in [1.54, 1.807) is 6.20 Å². The third-order valence-corrected chi connectivity index (χ3v) is 3.75. The zero-order chi connectivity index (χ0) is 13.8. The molecule has 0 aliphatic carbocycles. The minimum absolute atomic E-state index is 0.0237. The molecule has 0 atom stereocenters. The summed E-state index contributed by atoms with van der Waals surface area (Å²) in [6.07, 6.45) is 5.97. The quantitative estimate of drug-likeness (QED) is 0.930. The molecule has 2 aromatic rings. The summed E-state index contributed by atoms with van der Waals surface area (Å²) in [5.74, 6) is 0.714. The number of hydrogen-bond donors (Lipinski definition) is 1. The first kappa shape index (κ1) is 12.9. The minimum atomic E-state index is -0.0237. The second kappa shape index (κ2) is 5.90. The van der Waals surface area contributed by atoms with Crippen molar-refractivity contribution >= 4 is 5.95 Å². The fourth-order valence-corrected chi connectivity index (χ4v) is 2.62. The molecule has 1 N–H and O–H groups in total. The Bertz CT molecular complexity index is 615. The van der Waals surface area contributed by atoms with Crippen LogP contribution in [0.1, 0.15) is 30.4 Å². The van der Waals surface area contributed by atoms with Gasteiger partial charge in [0, 0.05) is 31.3 Å². The van der Waals surface area contributed by atoms with Crippen molar-refractivity contribution in [2.75, 3.05) is 18.0 Å². The molecule has 1 aliphatic rings. The third-order valence-electron chi connectivity index (χ3n) is 3.75. The van der Waals surface area contributed by atoms with Crippen LogP contribution in [0.15, 0.2) is 41.3 Å². The first-order valence-corrected chi connectivity index (χ1v) is 7.20. The number of aromatic amines is 1. The van der Waals surface area contributed by atoms with Gasteiger partial charge in [0.1, 0.15) is 0 Å². The second-order valence-corrected chi connectivity index (χ2v) is 5.27. The van der Waals surface area contributed by atoms with Crippen LogP contribution in [-0.4, -0.2) is 23.1 Å². The Balaban J connectivity index is 1.79. The zero-order valence-electron chi connectivity index (χ0n) is 11.5. The van der Waals surface area contributed by atoms with Crippen molar-refractivity contribution in [2.24, 2.45) is 0 Å². The van der Waals surface area contributed by atoms with E-state index < -0.39 is 0 Å². The monoisotopic (exact) mass is 269 g/mol. The predicted octanol–water partition coefficient (Wildman–Crippen LogP) is 2.35. The number of nitrogens with one attached hydrogen (secondary N) is 1. The SMILES string of the molecule is O=c1[nH]c(N2CCCCC2)ncc1Cc1ccccc1. The highest BCUT2D eigenvalue weighted by Gasteiger charge is 2.13. The van der Waals surface area contributed by atoms with Crippen LogP contribution >= 0.6 is 0 Å². The van der Waals surface area contributed by atoms with Gasteiger partial charge in [0.15, 0.2) is 0 Å². The average molecular weight is 269 g/mol. The fourth-order valence-electron chi connectivity index (χ4n) is 2.62. The number of benzene rings is 1. The van der Waals surface area contributed by atoms with Crippen LogP contribution in [0.4, 0.5) is 5.95 Å². The number of H-pyrrole nitrogens is 1. The predicted molar refractivity (Wildman–Crippen MR) is 80.2 cm³/mol. The number of aromatic nitrogens is 2. The lowest BCUT2D eigenvalue weighted by atomic mass is 10.1. The van der Waals surface area contributed by atoms with Crippen molar-refractivity contribution in [3.05, 3.63) is 58.0 Å². The van der Waals surface area contributed by atoms with Crippen molar-refractivity contribution in [1.29, 1.82) is 0 Å². The molecule has 0 saturated carbocycles. The van der Waals surface area contributed by atoms with Crippen LogP contribution in [0, 0.1) is 0 Å². The van der Waals surface area contributed by atoms with Gasteiger partial charge in [-0.3, -0.25) is 9.78 Å². The van der Waals surface area contributed by atoms with Gasteiger partial charge in [0.2, 0.25) is 5.95 Å². The van der Waals surface area contributed by atoms with Crippen LogP contribution in [0.25, 0.3) is 0 Å². The summed E-state index contributed by atoms with van der Waals surface area (Å²) in [6.45, 7) is 1.97. The molecule has 1 saturated heterocycles. The van der Waals surface area contributed by atoms with Crippen LogP contribution in [-0.2, 0) is 6.42 Å². The maximum absolute atomic E-state index is 12.2.